The van der Waals surface area contributed by atoms with E-state index in [2.05, 4.69) is 4.72 Å². The molecule has 1 aliphatic rings. The number of hydrogen-bond donors (Lipinski definition) is 1. The minimum Gasteiger partial charge on any atom is -0.453 e. The van der Waals surface area contributed by atoms with Crippen molar-refractivity contribution >= 4 is 15.9 Å². The molecule has 0 bridgehead atoms. The maximum absolute atomic E-state index is 12.4. The van der Waals surface area contributed by atoms with Crippen molar-refractivity contribution in [2.75, 3.05) is 26.0 Å². The van der Waals surface area contributed by atoms with Gasteiger partial charge in [0, 0.05) is 26.2 Å². The van der Waals surface area contributed by atoms with Crippen molar-refractivity contribution in [3.8, 4) is 0 Å². The highest BCUT2D eigenvalue weighted by Gasteiger charge is 2.27. The lowest BCUT2D eigenvalue weighted by atomic mass is 10.1. The molecule has 1 aromatic rings. The molecule has 0 atom stereocenters. The van der Waals surface area contributed by atoms with E-state index in [1.54, 1.807) is 24.1 Å². The summed E-state index contributed by atoms with van der Waals surface area (Å²) in [6.07, 6.45) is 1.82. The number of carbonyl (C=O) groups is 1. The van der Waals surface area contributed by atoms with Gasteiger partial charge in [-0.25, -0.2) is 13.1 Å². The Morgan fingerprint density at radius 1 is 1.39 bits per heavy atom. The van der Waals surface area contributed by atoms with E-state index >= 15 is 0 Å². The number of ether oxygens (including phenoxy) is 1. The van der Waals surface area contributed by atoms with Crippen molar-refractivity contribution in [1.29, 1.82) is 0 Å². The number of amides is 1. The van der Waals surface area contributed by atoms with Gasteiger partial charge >= 0.3 is 0 Å². The summed E-state index contributed by atoms with van der Waals surface area (Å²) in [7, 11) is -1.65. The van der Waals surface area contributed by atoms with Gasteiger partial charge in [-0.1, -0.05) is 6.92 Å². The second-order valence-corrected chi connectivity index (χ2v) is 7.58. The summed E-state index contributed by atoms with van der Waals surface area (Å²) < 4.78 is 36.7. The fourth-order valence-corrected chi connectivity index (χ4v) is 4.05. The molecule has 23 heavy (non-hydrogen) atoms. The van der Waals surface area contributed by atoms with Crippen molar-refractivity contribution in [2.45, 2.75) is 38.8 Å². The van der Waals surface area contributed by atoms with Gasteiger partial charge in [0.05, 0.1) is 5.75 Å². The molecule has 2 heterocycles. The predicted molar refractivity (Wildman–Crippen MR) is 85.6 cm³/mol. The number of likely N-dealkylation sites (tertiary alicyclic amines) is 1. The molecule has 1 fully saturated rings. The summed E-state index contributed by atoms with van der Waals surface area (Å²) in [5.74, 6) is 0.878. The average Bonchev–Trinajstić information content (AvgIpc) is 2.96. The Bertz CT molecular complexity index is 618. The van der Waals surface area contributed by atoms with Crippen LogP contribution < -0.4 is 4.72 Å². The van der Waals surface area contributed by atoms with Crippen LogP contribution in [0.5, 0.6) is 0 Å². The molecule has 0 radical (unpaired) electrons. The third kappa shape index (κ3) is 5.05. The summed E-state index contributed by atoms with van der Waals surface area (Å²) in [6.45, 7) is 3.19. The van der Waals surface area contributed by atoms with E-state index in [4.69, 9.17) is 9.15 Å². The largest absolute Gasteiger partial charge is 0.453 e. The van der Waals surface area contributed by atoms with Gasteiger partial charge in [0.2, 0.25) is 10.0 Å². The van der Waals surface area contributed by atoms with Gasteiger partial charge in [-0.15, -0.1) is 0 Å². The molecule has 0 spiro atoms. The lowest BCUT2D eigenvalue weighted by Gasteiger charge is -2.31. The first-order valence-electron chi connectivity index (χ1n) is 7.82. The topological polar surface area (TPSA) is 88.9 Å². The third-order valence-corrected chi connectivity index (χ3v) is 5.40. The number of methoxy groups -OCH3 is 1. The van der Waals surface area contributed by atoms with Crippen molar-refractivity contribution in [2.24, 2.45) is 0 Å². The van der Waals surface area contributed by atoms with Crippen molar-refractivity contribution in [1.82, 2.24) is 9.62 Å². The molecule has 7 nitrogen and oxygen atoms in total. The number of furan rings is 1. The minimum atomic E-state index is -3.21. The van der Waals surface area contributed by atoms with Crippen LogP contribution in [0.1, 0.15) is 42.5 Å². The standard InChI is InChI=1S/C15H24N2O5S/c1-3-10-23(19,20)16-12-6-8-17(9-7-12)15(18)14-5-4-13(22-14)11-21-2/h4-5,12,16H,3,6-11H2,1-2H3. The number of sulfonamides is 1. The Kier molecular flexibility index (Phi) is 6.20. The van der Waals surface area contributed by atoms with Crippen LogP contribution in [0.15, 0.2) is 16.5 Å². The highest BCUT2D eigenvalue weighted by atomic mass is 32.2. The molecular formula is C15H24N2O5S. The van der Waals surface area contributed by atoms with Crippen LogP contribution in [0.2, 0.25) is 0 Å². The maximum Gasteiger partial charge on any atom is 0.289 e. The van der Waals surface area contributed by atoms with Gasteiger partial charge in [0.15, 0.2) is 5.76 Å². The Morgan fingerprint density at radius 3 is 2.70 bits per heavy atom. The van der Waals surface area contributed by atoms with Crippen LogP contribution in [0, 0.1) is 0 Å². The van der Waals surface area contributed by atoms with E-state index in [1.165, 1.54) is 0 Å². The third-order valence-electron chi connectivity index (χ3n) is 3.76. The summed E-state index contributed by atoms with van der Waals surface area (Å²) >= 11 is 0. The zero-order valence-electron chi connectivity index (χ0n) is 13.6. The Morgan fingerprint density at radius 2 is 2.09 bits per heavy atom. The first kappa shape index (κ1) is 18.0. The second-order valence-electron chi connectivity index (χ2n) is 5.70. The van der Waals surface area contributed by atoms with Gasteiger partial charge in [0.25, 0.3) is 5.91 Å². The lowest BCUT2D eigenvalue weighted by molar-refractivity contribution is 0.0672. The van der Waals surface area contributed by atoms with Gasteiger partial charge in [-0.2, -0.15) is 0 Å². The molecule has 0 unspecified atom stereocenters. The van der Waals surface area contributed by atoms with E-state index in [1.807, 2.05) is 6.92 Å². The summed E-state index contributed by atoms with van der Waals surface area (Å²) in [5.41, 5.74) is 0. The highest BCUT2D eigenvalue weighted by Crippen LogP contribution is 2.17. The molecule has 1 amide bonds. The molecular weight excluding hydrogens is 320 g/mol. The van der Waals surface area contributed by atoms with E-state index in [0.29, 0.717) is 50.5 Å². The van der Waals surface area contributed by atoms with E-state index < -0.39 is 10.0 Å². The molecule has 0 aromatic carbocycles. The number of nitrogens with one attached hydrogen (secondary N) is 1. The van der Waals surface area contributed by atoms with Crippen LogP contribution in [-0.4, -0.2) is 51.2 Å². The van der Waals surface area contributed by atoms with Crippen LogP contribution in [0.3, 0.4) is 0 Å². The van der Waals surface area contributed by atoms with Crippen molar-refractivity contribution in [3.63, 3.8) is 0 Å². The Labute approximate surface area is 137 Å². The fourth-order valence-electron chi connectivity index (χ4n) is 2.65. The van der Waals surface area contributed by atoms with Gasteiger partial charge in [-0.3, -0.25) is 4.79 Å². The highest BCUT2D eigenvalue weighted by molar-refractivity contribution is 7.89. The summed E-state index contributed by atoms with van der Waals surface area (Å²) in [6, 6.07) is 3.27. The van der Waals surface area contributed by atoms with Crippen LogP contribution >= 0.6 is 0 Å². The minimum absolute atomic E-state index is 0.101. The quantitative estimate of drug-likeness (QED) is 0.807. The van der Waals surface area contributed by atoms with Crippen LogP contribution in [0.25, 0.3) is 0 Å². The molecule has 1 aliphatic heterocycles. The van der Waals surface area contributed by atoms with E-state index in [0.717, 1.165) is 0 Å². The smallest absolute Gasteiger partial charge is 0.289 e. The molecule has 8 heteroatoms. The van der Waals surface area contributed by atoms with Gasteiger partial charge in [-0.05, 0) is 31.4 Å². The molecule has 1 saturated heterocycles. The summed E-state index contributed by atoms with van der Waals surface area (Å²) in [4.78, 5) is 14.1. The van der Waals surface area contributed by atoms with Crippen LogP contribution in [0.4, 0.5) is 0 Å². The number of hydrogen-bond acceptors (Lipinski definition) is 5. The first-order valence-corrected chi connectivity index (χ1v) is 9.47. The molecule has 0 aliphatic carbocycles. The average molecular weight is 344 g/mol. The SMILES string of the molecule is CCCS(=O)(=O)NC1CCN(C(=O)c2ccc(COC)o2)CC1. The normalized spacial score (nSPS) is 16.7. The number of piperidine rings is 1. The Hall–Kier alpha value is -1.38. The van der Waals surface area contributed by atoms with Crippen molar-refractivity contribution in [3.05, 3.63) is 23.7 Å². The number of rotatable bonds is 7. The predicted octanol–water partition coefficient (Wildman–Crippen LogP) is 1.36. The number of carbonyl (C=O) groups excluding carboxylic acids is 1. The zero-order chi connectivity index (χ0) is 16.9. The Balaban J connectivity index is 1.87. The molecule has 130 valence electrons. The number of nitrogens with zero attached hydrogens (tertiary/aromatic N) is 1. The zero-order valence-corrected chi connectivity index (χ0v) is 14.4. The molecule has 1 N–H and O–H groups in total. The van der Waals surface area contributed by atoms with Crippen LogP contribution in [-0.2, 0) is 21.4 Å². The van der Waals surface area contributed by atoms with Gasteiger partial charge < -0.3 is 14.1 Å². The second kappa shape index (κ2) is 7.94. The van der Waals surface area contributed by atoms with E-state index in [-0.39, 0.29) is 17.7 Å². The molecule has 0 saturated carbocycles. The molecule has 1 aromatic heterocycles. The fraction of sp³-hybridized carbons (Fsp3) is 0.667. The van der Waals surface area contributed by atoms with E-state index in [9.17, 15) is 13.2 Å². The molecule has 2 rings (SSSR count). The first-order chi connectivity index (χ1) is 10.9. The maximum atomic E-state index is 12.4. The lowest BCUT2D eigenvalue weighted by Crippen LogP contribution is -2.46. The monoisotopic (exact) mass is 344 g/mol. The van der Waals surface area contributed by atoms with Gasteiger partial charge in [0.1, 0.15) is 12.4 Å². The summed E-state index contributed by atoms with van der Waals surface area (Å²) in [5, 5.41) is 0. The van der Waals surface area contributed by atoms with Crippen molar-refractivity contribution < 1.29 is 22.4 Å².